The van der Waals surface area contributed by atoms with Gasteiger partial charge < -0.3 is 5.32 Å². The summed E-state index contributed by atoms with van der Waals surface area (Å²) in [7, 11) is -3.80. The fourth-order valence-electron chi connectivity index (χ4n) is 2.57. The first-order valence-corrected chi connectivity index (χ1v) is 10.4. The Kier molecular flexibility index (Phi) is 6.02. The minimum atomic E-state index is -3.80. The normalized spacial score (nSPS) is 11.1. The van der Waals surface area contributed by atoms with E-state index in [1.165, 1.54) is 18.2 Å². The Balaban J connectivity index is 1.73. The van der Waals surface area contributed by atoms with E-state index in [9.17, 15) is 13.2 Å². The molecule has 0 aliphatic carbocycles. The van der Waals surface area contributed by atoms with Crippen LogP contribution < -0.4 is 10.0 Å². The molecule has 5 nitrogen and oxygen atoms in total. The van der Waals surface area contributed by atoms with Crippen LogP contribution in [-0.2, 0) is 16.6 Å². The minimum Gasteiger partial charge on any atom is -0.348 e. The maximum atomic E-state index is 12.6. The maximum Gasteiger partial charge on any atom is 0.261 e. The maximum absolute atomic E-state index is 12.6. The molecular formula is C21H19ClN2O3S. The zero-order chi connectivity index (χ0) is 20.1. The molecule has 0 saturated heterocycles. The second-order valence-electron chi connectivity index (χ2n) is 6.31. The second kappa shape index (κ2) is 8.46. The Morgan fingerprint density at radius 2 is 1.68 bits per heavy atom. The average molecular weight is 415 g/mol. The summed E-state index contributed by atoms with van der Waals surface area (Å²) < 4.78 is 27.8. The van der Waals surface area contributed by atoms with E-state index in [2.05, 4.69) is 10.0 Å². The summed E-state index contributed by atoms with van der Waals surface area (Å²) in [6.07, 6.45) is 0. The predicted octanol–water partition coefficient (Wildman–Crippen LogP) is 4.38. The lowest BCUT2D eigenvalue weighted by atomic mass is 10.2. The molecule has 0 heterocycles. The van der Waals surface area contributed by atoms with Gasteiger partial charge in [0, 0.05) is 22.8 Å². The highest BCUT2D eigenvalue weighted by atomic mass is 35.5. The molecule has 3 rings (SSSR count). The molecule has 28 heavy (non-hydrogen) atoms. The largest absolute Gasteiger partial charge is 0.348 e. The Bertz CT molecular complexity index is 1100. The molecule has 0 saturated carbocycles. The van der Waals surface area contributed by atoms with Gasteiger partial charge in [-0.25, -0.2) is 8.42 Å². The first kappa shape index (κ1) is 19.9. The number of halogens is 1. The fraction of sp³-hybridized carbons (Fsp3) is 0.0952. The quantitative estimate of drug-likeness (QED) is 0.628. The zero-order valence-electron chi connectivity index (χ0n) is 15.1. The van der Waals surface area contributed by atoms with Crippen LogP contribution >= 0.6 is 11.6 Å². The van der Waals surface area contributed by atoms with Crippen LogP contribution in [0.2, 0.25) is 5.02 Å². The lowest BCUT2D eigenvalue weighted by molar-refractivity contribution is 0.0950. The first-order valence-electron chi connectivity index (χ1n) is 8.56. The van der Waals surface area contributed by atoms with Crippen LogP contribution in [0.25, 0.3) is 0 Å². The van der Waals surface area contributed by atoms with E-state index in [-0.39, 0.29) is 22.9 Å². The summed E-state index contributed by atoms with van der Waals surface area (Å²) in [5, 5.41) is 3.35. The van der Waals surface area contributed by atoms with Crippen molar-refractivity contribution in [3.05, 3.63) is 94.5 Å². The average Bonchev–Trinajstić information content (AvgIpc) is 2.68. The van der Waals surface area contributed by atoms with Crippen LogP contribution in [-0.4, -0.2) is 14.3 Å². The topological polar surface area (TPSA) is 75.3 Å². The first-order chi connectivity index (χ1) is 13.3. The number of hydrogen-bond acceptors (Lipinski definition) is 3. The standard InChI is InChI=1S/C21H19ClN2O3S/c1-15-8-10-19(11-9-15)24-28(26,27)20-7-3-5-17(13-20)21(25)23-14-16-4-2-6-18(22)12-16/h2-13,24H,14H2,1H3,(H,23,25). The summed E-state index contributed by atoms with van der Waals surface area (Å²) in [4.78, 5) is 12.4. The van der Waals surface area contributed by atoms with E-state index < -0.39 is 10.0 Å². The molecule has 0 radical (unpaired) electrons. The van der Waals surface area contributed by atoms with Gasteiger partial charge in [-0.1, -0.05) is 47.5 Å². The van der Waals surface area contributed by atoms with Crippen molar-refractivity contribution < 1.29 is 13.2 Å². The van der Waals surface area contributed by atoms with Gasteiger partial charge in [0.05, 0.1) is 4.90 Å². The van der Waals surface area contributed by atoms with Gasteiger partial charge in [-0.15, -0.1) is 0 Å². The van der Waals surface area contributed by atoms with Crippen molar-refractivity contribution >= 4 is 33.2 Å². The summed E-state index contributed by atoms with van der Waals surface area (Å²) in [5.41, 5.74) is 2.60. The van der Waals surface area contributed by atoms with Crippen LogP contribution in [0.3, 0.4) is 0 Å². The third kappa shape index (κ3) is 5.12. The number of carbonyl (C=O) groups is 1. The highest BCUT2D eigenvalue weighted by Gasteiger charge is 2.16. The third-order valence-corrected chi connectivity index (χ3v) is 5.67. The number of sulfonamides is 1. The molecular weight excluding hydrogens is 396 g/mol. The van der Waals surface area contributed by atoms with Gasteiger partial charge in [-0.3, -0.25) is 9.52 Å². The molecule has 1 amide bonds. The van der Waals surface area contributed by atoms with E-state index >= 15 is 0 Å². The monoisotopic (exact) mass is 414 g/mol. The summed E-state index contributed by atoms with van der Waals surface area (Å²) in [5.74, 6) is -0.368. The highest BCUT2D eigenvalue weighted by molar-refractivity contribution is 7.92. The minimum absolute atomic E-state index is 0.0171. The van der Waals surface area contributed by atoms with Gasteiger partial charge >= 0.3 is 0 Å². The molecule has 3 aromatic rings. The van der Waals surface area contributed by atoms with Crippen LogP contribution in [0, 0.1) is 6.92 Å². The van der Waals surface area contributed by atoms with Crippen molar-refractivity contribution in [1.29, 1.82) is 0 Å². The molecule has 0 spiro atoms. The molecule has 7 heteroatoms. The zero-order valence-corrected chi connectivity index (χ0v) is 16.7. The number of amides is 1. The van der Waals surface area contributed by atoms with E-state index in [0.717, 1.165) is 11.1 Å². The Hall–Kier alpha value is -2.83. The Morgan fingerprint density at radius 3 is 2.39 bits per heavy atom. The van der Waals surface area contributed by atoms with Crippen LogP contribution in [0.5, 0.6) is 0 Å². The van der Waals surface area contributed by atoms with Crippen molar-refractivity contribution in [3.63, 3.8) is 0 Å². The molecule has 0 aliphatic rings. The van der Waals surface area contributed by atoms with Crippen LogP contribution in [0.15, 0.2) is 77.7 Å². The molecule has 2 N–H and O–H groups in total. The number of aryl methyl sites for hydroxylation is 1. The summed E-state index contributed by atoms with van der Waals surface area (Å²) in [6, 6.07) is 20.1. The molecule has 0 bridgehead atoms. The second-order valence-corrected chi connectivity index (χ2v) is 8.43. The van der Waals surface area contributed by atoms with Gasteiger partial charge in [-0.05, 0) is 55.0 Å². The molecule has 144 valence electrons. The number of carbonyl (C=O) groups excluding carboxylic acids is 1. The van der Waals surface area contributed by atoms with Gasteiger partial charge in [0.15, 0.2) is 0 Å². The molecule has 0 unspecified atom stereocenters. The lowest BCUT2D eigenvalue weighted by Gasteiger charge is -2.10. The van der Waals surface area contributed by atoms with E-state index in [0.29, 0.717) is 10.7 Å². The van der Waals surface area contributed by atoms with E-state index in [1.807, 2.05) is 25.1 Å². The molecule has 0 aromatic heterocycles. The number of nitrogens with one attached hydrogen (secondary N) is 2. The van der Waals surface area contributed by atoms with Crippen molar-refractivity contribution in [2.45, 2.75) is 18.4 Å². The van der Waals surface area contributed by atoms with Crippen molar-refractivity contribution in [3.8, 4) is 0 Å². The van der Waals surface area contributed by atoms with Gasteiger partial charge in [0.1, 0.15) is 0 Å². The number of anilines is 1. The lowest BCUT2D eigenvalue weighted by Crippen LogP contribution is -2.23. The van der Waals surface area contributed by atoms with Crippen LogP contribution in [0.1, 0.15) is 21.5 Å². The van der Waals surface area contributed by atoms with Crippen molar-refractivity contribution in [2.24, 2.45) is 0 Å². The Morgan fingerprint density at radius 1 is 0.964 bits per heavy atom. The SMILES string of the molecule is Cc1ccc(NS(=O)(=O)c2cccc(C(=O)NCc3cccc(Cl)c3)c2)cc1. The van der Waals surface area contributed by atoms with Crippen LogP contribution in [0.4, 0.5) is 5.69 Å². The molecule has 0 atom stereocenters. The highest BCUT2D eigenvalue weighted by Crippen LogP contribution is 2.18. The molecule has 3 aromatic carbocycles. The van der Waals surface area contributed by atoms with E-state index in [1.54, 1.807) is 36.4 Å². The number of rotatable bonds is 6. The number of hydrogen-bond donors (Lipinski definition) is 2. The molecule has 0 aliphatic heterocycles. The Labute approximate surface area is 169 Å². The summed E-state index contributed by atoms with van der Waals surface area (Å²) >= 11 is 5.94. The van der Waals surface area contributed by atoms with Gasteiger partial charge in [-0.2, -0.15) is 0 Å². The predicted molar refractivity (Wildman–Crippen MR) is 111 cm³/mol. The third-order valence-electron chi connectivity index (χ3n) is 4.05. The number of benzene rings is 3. The fourth-order valence-corrected chi connectivity index (χ4v) is 3.89. The van der Waals surface area contributed by atoms with E-state index in [4.69, 9.17) is 11.6 Å². The van der Waals surface area contributed by atoms with Gasteiger partial charge in [0.2, 0.25) is 0 Å². The summed E-state index contributed by atoms with van der Waals surface area (Å²) in [6.45, 7) is 2.21. The molecule has 0 fully saturated rings. The van der Waals surface area contributed by atoms with Crippen molar-refractivity contribution in [2.75, 3.05) is 4.72 Å². The van der Waals surface area contributed by atoms with Gasteiger partial charge in [0.25, 0.3) is 15.9 Å². The smallest absolute Gasteiger partial charge is 0.261 e. The van der Waals surface area contributed by atoms with Crippen molar-refractivity contribution in [1.82, 2.24) is 5.32 Å².